The van der Waals surface area contributed by atoms with Gasteiger partial charge in [0.2, 0.25) is 0 Å². The molecule has 1 fully saturated rings. The van der Waals surface area contributed by atoms with Crippen molar-refractivity contribution in [3.8, 4) is 0 Å². The van der Waals surface area contributed by atoms with E-state index in [-0.39, 0.29) is 5.56 Å². The van der Waals surface area contributed by atoms with Gasteiger partial charge in [-0.3, -0.25) is 14.5 Å². The Morgan fingerprint density at radius 2 is 1.62 bits per heavy atom. The quantitative estimate of drug-likeness (QED) is 0.911. The van der Waals surface area contributed by atoms with E-state index >= 15 is 0 Å². The van der Waals surface area contributed by atoms with Gasteiger partial charge in [-0.2, -0.15) is 0 Å². The third kappa shape index (κ3) is 3.55. The number of aliphatic carboxylic acids is 1. The maximum absolute atomic E-state index is 13.1. The molecule has 1 atom stereocenters. The van der Waals surface area contributed by atoms with Crippen LogP contribution in [0.5, 0.6) is 0 Å². The van der Waals surface area contributed by atoms with Gasteiger partial charge in [-0.15, -0.1) is 0 Å². The lowest BCUT2D eigenvalue weighted by atomic mass is 10.1. The summed E-state index contributed by atoms with van der Waals surface area (Å²) in [5.74, 6) is -2.95. The second kappa shape index (κ2) is 6.17. The van der Waals surface area contributed by atoms with Gasteiger partial charge in [0.15, 0.2) is 0 Å². The van der Waals surface area contributed by atoms with E-state index in [1.807, 2.05) is 0 Å². The zero-order chi connectivity index (χ0) is 15.6. The summed E-state index contributed by atoms with van der Waals surface area (Å²) >= 11 is 0. The molecule has 0 saturated carbocycles. The first-order valence-corrected chi connectivity index (χ1v) is 6.60. The number of piperazine rings is 1. The van der Waals surface area contributed by atoms with Crippen LogP contribution in [0.15, 0.2) is 18.2 Å². The first kappa shape index (κ1) is 15.4. The largest absolute Gasteiger partial charge is 0.480 e. The standard InChI is InChI=1S/C14H16F2N2O3/c1-9(14(20)21)17-2-4-18(5-3-17)13(19)10-6-11(15)8-12(16)7-10/h6-9H,2-5H2,1H3,(H,20,21). The van der Waals surface area contributed by atoms with Gasteiger partial charge in [-0.25, -0.2) is 8.78 Å². The molecule has 1 heterocycles. The zero-order valence-corrected chi connectivity index (χ0v) is 11.6. The first-order chi connectivity index (χ1) is 9.88. The van der Waals surface area contributed by atoms with Crippen molar-refractivity contribution in [3.63, 3.8) is 0 Å². The number of halogens is 2. The van der Waals surface area contributed by atoms with E-state index in [2.05, 4.69) is 0 Å². The van der Waals surface area contributed by atoms with Crippen molar-refractivity contribution < 1.29 is 23.5 Å². The molecule has 1 aliphatic rings. The maximum Gasteiger partial charge on any atom is 0.320 e. The highest BCUT2D eigenvalue weighted by Gasteiger charge is 2.27. The van der Waals surface area contributed by atoms with E-state index in [4.69, 9.17) is 5.11 Å². The Morgan fingerprint density at radius 3 is 2.10 bits per heavy atom. The lowest BCUT2D eigenvalue weighted by molar-refractivity contribution is -0.143. The molecule has 0 bridgehead atoms. The molecule has 1 amide bonds. The molecule has 21 heavy (non-hydrogen) atoms. The Kier molecular flexibility index (Phi) is 4.52. The average Bonchev–Trinajstić information content (AvgIpc) is 2.44. The lowest BCUT2D eigenvalue weighted by Crippen LogP contribution is -2.53. The fourth-order valence-corrected chi connectivity index (χ4v) is 2.33. The van der Waals surface area contributed by atoms with Gasteiger partial charge >= 0.3 is 5.97 Å². The predicted molar refractivity (Wildman–Crippen MR) is 70.9 cm³/mol. The van der Waals surface area contributed by atoms with Crippen LogP contribution in [0, 0.1) is 11.6 Å². The van der Waals surface area contributed by atoms with Crippen molar-refractivity contribution in [1.29, 1.82) is 0 Å². The van der Waals surface area contributed by atoms with Crippen molar-refractivity contribution >= 4 is 11.9 Å². The van der Waals surface area contributed by atoms with Crippen molar-refractivity contribution in [2.75, 3.05) is 26.2 Å². The molecule has 1 aliphatic heterocycles. The number of carboxylic acid groups (broad SMARTS) is 1. The van der Waals surface area contributed by atoms with E-state index in [0.29, 0.717) is 32.2 Å². The summed E-state index contributed by atoms with van der Waals surface area (Å²) in [5.41, 5.74) is -0.0350. The highest BCUT2D eigenvalue weighted by atomic mass is 19.1. The molecule has 2 rings (SSSR count). The Bertz CT molecular complexity index is 537. The van der Waals surface area contributed by atoms with Crippen LogP contribution in [0.4, 0.5) is 8.78 Å². The van der Waals surface area contributed by atoms with Crippen LogP contribution in [0.25, 0.3) is 0 Å². The number of carbonyl (C=O) groups excluding carboxylic acids is 1. The second-order valence-corrected chi connectivity index (χ2v) is 5.00. The number of rotatable bonds is 3. The van der Waals surface area contributed by atoms with Crippen molar-refractivity contribution in [2.45, 2.75) is 13.0 Å². The SMILES string of the molecule is CC(C(=O)O)N1CCN(C(=O)c2cc(F)cc(F)c2)CC1. The van der Waals surface area contributed by atoms with E-state index < -0.39 is 29.6 Å². The fourth-order valence-electron chi connectivity index (χ4n) is 2.33. The zero-order valence-electron chi connectivity index (χ0n) is 11.6. The Balaban J connectivity index is 2.01. The fraction of sp³-hybridized carbons (Fsp3) is 0.429. The van der Waals surface area contributed by atoms with Gasteiger partial charge in [-0.05, 0) is 19.1 Å². The molecule has 0 spiro atoms. The number of benzene rings is 1. The molecular formula is C14H16F2N2O3. The Hall–Kier alpha value is -2.02. The monoisotopic (exact) mass is 298 g/mol. The van der Waals surface area contributed by atoms with E-state index in [1.165, 1.54) is 4.90 Å². The van der Waals surface area contributed by atoms with Gasteiger partial charge in [0.1, 0.15) is 17.7 Å². The molecular weight excluding hydrogens is 282 g/mol. The van der Waals surface area contributed by atoms with Crippen LogP contribution in [-0.4, -0.2) is 59.0 Å². The topological polar surface area (TPSA) is 60.9 Å². The van der Waals surface area contributed by atoms with Crippen LogP contribution in [0.3, 0.4) is 0 Å². The number of carbonyl (C=O) groups is 2. The van der Waals surface area contributed by atoms with E-state index in [0.717, 1.165) is 12.1 Å². The molecule has 7 heteroatoms. The lowest BCUT2D eigenvalue weighted by Gasteiger charge is -2.36. The van der Waals surface area contributed by atoms with Crippen molar-refractivity contribution in [1.82, 2.24) is 9.80 Å². The summed E-state index contributed by atoms with van der Waals surface area (Å²) in [5, 5.41) is 8.94. The summed E-state index contributed by atoms with van der Waals surface area (Å²) in [6, 6.07) is 2.09. The predicted octanol–water partition coefficient (Wildman–Crippen LogP) is 1.20. The minimum atomic E-state index is -0.915. The highest BCUT2D eigenvalue weighted by molar-refractivity contribution is 5.94. The van der Waals surface area contributed by atoms with E-state index in [9.17, 15) is 18.4 Å². The summed E-state index contributed by atoms with van der Waals surface area (Å²) in [6.45, 7) is 3.07. The molecule has 1 unspecified atom stereocenters. The van der Waals surface area contributed by atoms with Gasteiger partial charge in [0.05, 0.1) is 0 Å². The highest BCUT2D eigenvalue weighted by Crippen LogP contribution is 2.13. The number of nitrogens with zero attached hydrogens (tertiary/aromatic N) is 2. The van der Waals surface area contributed by atoms with Crippen LogP contribution in [0.1, 0.15) is 17.3 Å². The molecule has 1 aromatic rings. The van der Waals surface area contributed by atoms with Gasteiger partial charge in [-0.1, -0.05) is 0 Å². The van der Waals surface area contributed by atoms with Crippen molar-refractivity contribution in [3.05, 3.63) is 35.4 Å². The normalized spacial score (nSPS) is 17.6. The molecule has 0 aromatic heterocycles. The molecule has 0 radical (unpaired) electrons. The molecule has 5 nitrogen and oxygen atoms in total. The third-order valence-corrected chi connectivity index (χ3v) is 3.62. The van der Waals surface area contributed by atoms with Crippen LogP contribution in [0.2, 0.25) is 0 Å². The maximum atomic E-state index is 13.1. The first-order valence-electron chi connectivity index (χ1n) is 6.60. The molecule has 1 saturated heterocycles. The second-order valence-electron chi connectivity index (χ2n) is 5.00. The van der Waals surface area contributed by atoms with Gasteiger partial charge in [0.25, 0.3) is 5.91 Å². The number of amides is 1. The molecule has 114 valence electrons. The number of hydrogen-bond acceptors (Lipinski definition) is 3. The van der Waals surface area contributed by atoms with Crippen LogP contribution in [-0.2, 0) is 4.79 Å². The van der Waals surface area contributed by atoms with Crippen LogP contribution >= 0.6 is 0 Å². The summed E-state index contributed by atoms with van der Waals surface area (Å²) < 4.78 is 26.3. The average molecular weight is 298 g/mol. The smallest absolute Gasteiger partial charge is 0.320 e. The summed E-state index contributed by atoms with van der Waals surface area (Å²) in [6.07, 6.45) is 0. The van der Waals surface area contributed by atoms with Gasteiger partial charge < -0.3 is 10.0 Å². The summed E-state index contributed by atoms with van der Waals surface area (Å²) in [4.78, 5) is 26.3. The summed E-state index contributed by atoms with van der Waals surface area (Å²) in [7, 11) is 0. The van der Waals surface area contributed by atoms with E-state index in [1.54, 1.807) is 11.8 Å². The van der Waals surface area contributed by atoms with Gasteiger partial charge in [0, 0.05) is 37.8 Å². The minimum absolute atomic E-state index is 0.0350. The Labute approximate surface area is 120 Å². The number of carboxylic acids is 1. The van der Waals surface area contributed by atoms with Crippen LogP contribution < -0.4 is 0 Å². The van der Waals surface area contributed by atoms with Crippen molar-refractivity contribution in [2.24, 2.45) is 0 Å². The molecule has 1 N–H and O–H groups in total. The molecule has 1 aromatic carbocycles. The minimum Gasteiger partial charge on any atom is -0.480 e. The number of hydrogen-bond donors (Lipinski definition) is 1. The molecule has 0 aliphatic carbocycles. The third-order valence-electron chi connectivity index (χ3n) is 3.62. The Morgan fingerprint density at radius 1 is 1.10 bits per heavy atom.